The maximum Gasteiger partial charge on any atom is 0.230 e. The van der Waals surface area contributed by atoms with Crippen LogP contribution in [0.1, 0.15) is 30.4 Å². The number of thioether (sulfide) groups is 1. The molecule has 2 aromatic heterocycles. The number of nitrogens with zero attached hydrogens (tertiary/aromatic N) is 4. The van der Waals surface area contributed by atoms with Crippen molar-refractivity contribution < 1.29 is 4.74 Å². The summed E-state index contributed by atoms with van der Waals surface area (Å²) in [5, 5.41) is 11.9. The third kappa shape index (κ3) is 8.35. The van der Waals surface area contributed by atoms with Gasteiger partial charge in [0.1, 0.15) is 5.00 Å². The third-order valence-corrected chi connectivity index (χ3v) is 9.78. The van der Waals surface area contributed by atoms with Gasteiger partial charge in [0.15, 0.2) is 0 Å². The first-order chi connectivity index (χ1) is 20.1. The fourth-order valence-corrected chi connectivity index (χ4v) is 7.02. The van der Waals surface area contributed by atoms with Gasteiger partial charge in [0.05, 0.1) is 38.2 Å². The number of hydrazine groups is 2. The van der Waals surface area contributed by atoms with Gasteiger partial charge < -0.3 is 25.9 Å². The van der Waals surface area contributed by atoms with Gasteiger partial charge in [-0.25, -0.2) is 4.98 Å². The minimum atomic E-state index is 0.661. The number of rotatable bonds is 14. The zero-order valence-electron chi connectivity index (χ0n) is 23.6. The van der Waals surface area contributed by atoms with E-state index in [0.717, 1.165) is 75.0 Å². The van der Waals surface area contributed by atoms with Crippen LogP contribution in [0, 0.1) is 13.8 Å². The molecule has 0 bridgehead atoms. The molecule has 1 fully saturated rings. The Balaban J connectivity index is 1.10. The molecule has 1 aliphatic rings. The SMILES string of the molecule is COCCCSc1cnc(/N=N/c2ccc(NNc3ccc(NNc4ccc(N5CCCC5)s4)cc3C)cc2C)s1. The highest BCUT2D eigenvalue weighted by Gasteiger charge is 2.14. The fourth-order valence-electron chi connectivity index (χ4n) is 4.34. The number of ether oxygens (including phenoxy) is 1. The topological polar surface area (TPSA) is 98.2 Å². The fraction of sp³-hybridized carbons (Fsp3) is 0.345. The van der Waals surface area contributed by atoms with Gasteiger partial charge in [0.25, 0.3) is 0 Å². The summed E-state index contributed by atoms with van der Waals surface area (Å²) in [7, 11) is 1.73. The van der Waals surface area contributed by atoms with Crippen LogP contribution in [-0.4, -0.2) is 37.5 Å². The van der Waals surface area contributed by atoms with Crippen LogP contribution in [0.5, 0.6) is 0 Å². The molecular weight excluding hydrogens is 573 g/mol. The first-order valence-electron chi connectivity index (χ1n) is 13.7. The number of hydrogen-bond acceptors (Lipinski definition) is 12. The van der Waals surface area contributed by atoms with Crippen molar-refractivity contribution in [3.8, 4) is 0 Å². The molecule has 0 unspecified atom stereocenters. The molecule has 12 heteroatoms. The number of azo groups is 1. The van der Waals surface area contributed by atoms with Gasteiger partial charge in [0, 0.05) is 32.6 Å². The van der Waals surface area contributed by atoms with E-state index in [0.29, 0.717) is 5.13 Å². The minimum Gasteiger partial charge on any atom is -0.385 e. The molecule has 4 aromatic rings. The smallest absolute Gasteiger partial charge is 0.230 e. The molecule has 3 heterocycles. The summed E-state index contributed by atoms with van der Waals surface area (Å²) in [4.78, 5) is 6.83. The van der Waals surface area contributed by atoms with Crippen molar-refractivity contribution in [2.24, 2.45) is 10.2 Å². The molecule has 0 aliphatic carbocycles. The van der Waals surface area contributed by atoms with Gasteiger partial charge in [-0.1, -0.05) is 22.7 Å². The van der Waals surface area contributed by atoms with Crippen LogP contribution < -0.4 is 26.6 Å². The third-order valence-electron chi connectivity index (χ3n) is 6.56. The first-order valence-corrected chi connectivity index (χ1v) is 16.3. The molecule has 1 aliphatic heterocycles. The van der Waals surface area contributed by atoms with E-state index in [4.69, 9.17) is 4.74 Å². The van der Waals surface area contributed by atoms with E-state index in [1.54, 1.807) is 41.5 Å². The molecule has 2 aromatic carbocycles. The average Bonchev–Trinajstić information content (AvgIpc) is 3.76. The number of benzene rings is 2. The Morgan fingerprint density at radius 3 is 2.46 bits per heavy atom. The van der Waals surface area contributed by atoms with Crippen LogP contribution >= 0.6 is 34.4 Å². The van der Waals surface area contributed by atoms with Crippen molar-refractivity contribution in [3.63, 3.8) is 0 Å². The number of aromatic nitrogens is 1. The zero-order valence-corrected chi connectivity index (χ0v) is 26.0. The Morgan fingerprint density at radius 1 is 0.902 bits per heavy atom. The van der Waals surface area contributed by atoms with Crippen LogP contribution in [-0.2, 0) is 4.74 Å². The molecule has 5 rings (SSSR count). The van der Waals surface area contributed by atoms with Crippen LogP contribution in [0.4, 0.5) is 37.9 Å². The van der Waals surface area contributed by atoms with E-state index in [-0.39, 0.29) is 0 Å². The number of anilines is 5. The maximum absolute atomic E-state index is 5.10. The summed E-state index contributed by atoms with van der Waals surface area (Å²) in [6, 6.07) is 16.6. The Kier molecular flexibility index (Phi) is 10.3. The normalized spacial score (nSPS) is 13.2. The summed E-state index contributed by atoms with van der Waals surface area (Å²) in [5.74, 6) is 1.00. The first kappa shape index (κ1) is 29.2. The molecule has 41 heavy (non-hydrogen) atoms. The zero-order chi connectivity index (χ0) is 28.4. The molecule has 9 nitrogen and oxygen atoms in total. The van der Waals surface area contributed by atoms with Crippen molar-refractivity contribution in [2.75, 3.05) is 59.2 Å². The van der Waals surface area contributed by atoms with Crippen LogP contribution in [0.3, 0.4) is 0 Å². The maximum atomic E-state index is 5.10. The van der Waals surface area contributed by atoms with Gasteiger partial charge in [0.2, 0.25) is 5.13 Å². The summed E-state index contributed by atoms with van der Waals surface area (Å²) in [6.45, 7) is 7.21. The Bertz CT molecular complexity index is 1450. The van der Waals surface area contributed by atoms with Crippen LogP contribution in [0.15, 0.2) is 69.2 Å². The van der Waals surface area contributed by atoms with Gasteiger partial charge in [-0.15, -0.1) is 22.0 Å². The summed E-state index contributed by atoms with van der Waals surface area (Å²) in [6.07, 6.45) is 5.45. The second-order valence-corrected chi connectivity index (χ2v) is 13.2. The second kappa shape index (κ2) is 14.5. The molecule has 216 valence electrons. The van der Waals surface area contributed by atoms with E-state index in [2.05, 4.69) is 79.1 Å². The lowest BCUT2D eigenvalue weighted by Crippen LogP contribution is -2.15. The standard InChI is InChI=1S/C29H36N8OS3/c1-20-18-23(32-35-26-11-12-27(40-26)37-13-4-5-14-37)8-9-24(20)33-31-22-7-10-25(21(2)17-22)34-36-29-30-19-28(41-29)39-16-6-15-38-3/h7-12,17-19,31-33,35H,4-6,13-16H2,1-3H3/b36-34+. The summed E-state index contributed by atoms with van der Waals surface area (Å²) < 4.78 is 6.24. The molecule has 1 saturated heterocycles. The number of hydrogen-bond donors (Lipinski definition) is 4. The number of methoxy groups -OCH3 is 1. The summed E-state index contributed by atoms with van der Waals surface area (Å²) in [5.41, 5.74) is 19.2. The monoisotopic (exact) mass is 608 g/mol. The van der Waals surface area contributed by atoms with Gasteiger partial charge in [-0.2, -0.15) is 0 Å². The van der Waals surface area contributed by atoms with Crippen LogP contribution in [0.2, 0.25) is 0 Å². The lowest BCUT2D eigenvalue weighted by Gasteiger charge is -2.15. The number of thiophene rings is 1. The van der Waals surface area contributed by atoms with Crippen LogP contribution in [0.25, 0.3) is 0 Å². The van der Waals surface area contributed by atoms with E-state index < -0.39 is 0 Å². The number of aryl methyl sites for hydroxylation is 2. The van der Waals surface area contributed by atoms with E-state index in [1.807, 2.05) is 31.3 Å². The number of thiazole rings is 1. The predicted octanol–water partition coefficient (Wildman–Crippen LogP) is 8.84. The molecule has 0 saturated carbocycles. The van der Waals surface area contributed by atoms with E-state index in [9.17, 15) is 0 Å². The highest BCUT2D eigenvalue weighted by Crippen LogP contribution is 2.33. The molecule has 0 atom stereocenters. The van der Waals surface area contributed by atoms with Gasteiger partial charge >= 0.3 is 0 Å². The van der Waals surface area contributed by atoms with Crippen molar-refractivity contribution in [1.82, 2.24) is 4.98 Å². The minimum absolute atomic E-state index is 0.661. The van der Waals surface area contributed by atoms with Gasteiger partial charge in [-0.3, -0.25) is 5.43 Å². The Hall–Kier alpha value is -3.32. The summed E-state index contributed by atoms with van der Waals surface area (Å²) >= 11 is 5.11. The van der Waals surface area contributed by atoms with Crippen molar-refractivity contribution >= 4 is 72.3 Å². The highest BCUT2D eigenvalue weighted by molar-refractivity contribution is 8.01. The molecule has 0 radical (unpaired) electrons. The number of nitrogens with one attached hydrogen (secondary N) is 4. The molecule has 4 N–H and O–H groups in total. The highest BCUT2D eigenvalue weighted by atomic mass is 32.2. The second-order valence-electron chi connectivity index (χ2n) is 9.72. The lowest BCUT2D eigenvalue weighted by molar-refractivity contribution is 0.200. The van der Waals surface area contributed by atoms with Crippen molar-refractivity contribution in [3.05, 3.63) is 65.9 Å². The molecule has 0 amide bonds. The molecular formula is C29H36N8OS3. The lowest BCUT2D eigenvalue weighted by atomic mass is 10.2. The van der Waals surface area contributed by atoms with E-state index in [1.165, 1.54) is 17.8 Å². The average molecular weight is 609 g/mol. The largest absolute Gasteiger partial charge is 0.385 e. The van der Waals surface area contributed by atoms with Crippen molar-refractivity contribution in [1.29, 1.82) is 0 Å². The quantitative estimate of drug-likeness (QED) is 0.0488. The predicted molar refractivity (Wildman–Crippen MR) is 176 cm³/mol. The van der Waals surface area contributed by atoms with E-state index >= 15 is 0 Å². The Labute approximate surface area is 253 Å². The Morgan fingerprint density at radius 2 is 1.68 bits per heavy atom. The van der Waals surface area contributed by atoms with Gasteiger partial charge in [-0.05, 0) is 92.8 Å². The van der Waals surface area contributed by atoms with Crippen molar-refractivity contribution in [2.45, 2.75) is 37.3 Å². The molecule has 0 spiro atoms.